The van der Waals surface area contributed by atoms with Crippen molar-refractivity contribution in [3.63, 3.8) is 0 Å². The highest BCUT2D eigenvalue weighted by Crippen LogP contribution is 2.45. The molecular weight excluding hydrogens is 242 g/mol. The lowest BCUT2D eigenvalue weighted by molar-refractivity contribution is 0.283. The van der Waals surface area contributed by atoms with Gasteiger partial charge in [0, 0.05) is 17.9 Å². The Kier molecular flexibility index (Phi) is 5.68. The van der Waals surface area contributed by atoms with E-state index in [0.29, 0.717) is 11.5 Å². The molecule has 1 aliphatic rings. The van der Waals surface area contributed by atoms with Crippen LogP contribution >= 0.6 is 0 Å². The topological polar surface area (TPSA) is 12.0 Å². The van der Waals surface area contributed by atoms with Crippen molar-refractivity contribution >= 4 is 0 Å². The number of rotatable bonds is 7. The van der Waals surface area contributed by atoms with E-state index in [9.17, 15) is 0 Å². The van der Waals surface area contributed by atoms with Crippen molar-refractivity contribution in [1.29, 1.82) is 0 Å². The first-order valence-corrected chi connectivity index (χ1v) is 8.06. The maximum atomic E-state index is 5.51. The van der Waals surface area contributed by atoms with Crippen LogP contribution in [0.25, 0.3) is 0 Å². The van der Waals surface area contributed by atoms with Gasteiger partial charge >= 0.3 is 0 Å². The van der Waals surface area contributed by atoms with Gasteiger partial charge < -0.3 is 5.32 Å². The van der Waals surface area contributed by atoms with Gasteiger partial charge in [-0.2, -0.15) is 0 Å². The van der Waals surface area contributed by atoms with Crippen molar-refractivity contribution < 1.29 is 0 Å². The first kappa shape index (κ1) is 15.1. The number of hydrogen-bond acceptors (Lipinski definition) is 1. The van der Waals surface area contributed by atoms with Gasteiger partial charge in [-0.05, 0) is 37.8 Å². The molecule has 1 nitrogen and oxygen atoms in total. The van der Waals surface area contributed by atoms with E-state index >= 15 is 0 Å². The molecule has 1 heteroatoms. The summed E-state index contributed by atoms with van der Waals surface area (Å²) in [5, 5.41) is 3.79. The summed E-state index contributed by atoms with van der Waals surface area (Å²) in [6.07, 6.45) is 13.9. The minimum absolute atomic E-state index is 0.299. The normalized spacial score (nSPS) is 18.6. The lowest BCUT2D eigenvalue weighted by atomic mass is 9.71. The van der Waals surface area contributed by atoms with Gasteiger partial charge in [-0.3, -0.25) is 0 Å². The molecule has 2 rings (SSSR count). The average Bonchev–Trinajstić information content (AvgIpc) is 2.99. The second-order valence-electron chi connectivity index (χ2n) is 5.98. The van der Waals surface area contributed by atoms with Gasteiger partial charge in [0.15, 0.2) is 0 Å². The third kappa shape index (κ3) is 3.25. The highest BCUT2D eigenvalue weighted by Gasteiger charge is 2.41. The van der Waals surface area contributed by atoms with Crippen LogP contribution in [-0.4, -0.2) is 12.6 Å². The Balaban J connectivity index is 2.26. The Hall–Kier alpha value is -1.26. The summed E-state index contributed by atoms with van der Waals surface area (Å²) < 4.78 is 0. The maximum absolute atomic E-state index is 5.51. The summed E-state index contributed by atoms with van der Waals surface area (Å²) in [5.74, 6) is 2.83. The van der Waals surface area contributed by atoms with Crippen LogP contribution in [-0.2, 0) is 5.41 Å². The molecular formula is C19H27N. The van der Waals surface area contributed by atoms with Crippen molar-refractivity contribution in [2.24, 2.45) is 0 Å². The predicted molar refractivity (Wildman–Crippen MR) is 86.7 cm³/mol. The minimum Gasteiger partial charge on any atom is -0.313 e. The van der Waals surface area contributed by atoms with Gasteiger partial charge in [-0.25, -0.2) is 0 Å². The van der Waals surface area contributed by atoms with Gasteiger partial charge in [0.25, 0.3) is 0 Å². The van der Waals surface area contributed by atoms with Crippen molar-refractivity contribution in [3.8, 4) is 12.3 Å². The zero-order chi connectivity index (χ0) is 14.3. The molecule has 0 saturated heterocycles. The van der Waals surface area contributed by atoms with Gasteiger partial charge in [-0.15, -0.1) is 12.3 Å². The zero-order valence-electron chi connectivity index (χ0n) is 12.7. The largest absolute Gasteiger partial charge is 0.313 e. The second kappa shape index (κ2) is 7.50. The van der Waals surface area contributed by atoms with Gasteiger partial charge in [-0.1, -0.05) is 50.1 Å². The first-order chi connectivity index (χ1) is 9.83. The molecule has 1 saturated carbocycles. The molecule has 0 amide bonds. The Labute approximate surface area is 124 Å². The number of terminal acetylenes is 1. The van der Waals surface area contributed by atoms with Crippen LogP contribution in [0.3, 0.4) is 0 Å². The van der Waals surface area contributed by atoms with E-state index in [1.165, 1.54) is 37.7 Å². The molecule has 0 bridgehead atoms. The smallest absolute Gasteiger partial charge is 0.0173 e. The van der Waals surface area contributed by atoms with Crippen LogP contribution in [0.4, 0.5) is 0 Å². The summed E-state index contributed by atoms with van der Waals surface area (Å²) in [6.45, 7) is 3.32. The Morgan fingerprint density at radius 1 is 1.25 bits per heavy atom. The quantitative estimate of drug-likeness (QED) is 0.729. The van der Waals surface area contributed by atoms with E-state index in [1.54, 1.807) is 0 Å². The molecule has 0 heterocycles. The summed E-state index contributed by atoms with van der Waals surface area (Å²) >= 11 is 0. The molecule has 108 valence electrons. The molecule has 0 aliphatic heterocycles. The third-order valence-electron chi connectivity index (χ3n) is 4.73. The molecule has 0 aromatic heterocycles. The van der Waals surface area contributed by atoms with Gasteiger partial charge in [0.1, 0.15) is 0 Å². The molecule has 0 radical (unpaired) electrons. The van der Waals surface area contributed by atoms with Crippen LogP contribution in [0.1, 0.15) is 57.4 Å². The summed E-state index contributed by atoms with van der Waals surface area (Å²) in [5.41, 5.74) is 1.80. The van der Waals surface area contributed by atoms with Crippen LogP contribution in [0.2, 0.25) is 0 Å². The van der Waals surface area contributed by atoms with Crippen molar-refractivity contribution in [2.45, 2.75) is 63.3 Å². The summed E-state index contributed by atoms with van der Waals surface area (Å²) in [4.78, 5) is 0. The van der Waals surface area contributed by atoms with Crippen molar-refractivity contribution in [3.05, 3.63) is 35.9 Å². The highest BCUT2D eigenvalue weighted by molar-refractivity contribution is 5.29. The fourth-order valence-corrected chi connectivity index (χ4v) is 3.73. The van der Waals surface area contributed by atoms with Gasteiger partial charge in [0.05, 0.1) is 0 Å². The molecule has 1 aromatic carbocycles. The average molecular weight is 269 g/mol. The van der Waals surface area contributed by atoms with E-state index in [0.717, 1.165) is 19.4 Å². The van der Waals surface area contributed by atoms with Crippen LogP contribution in [0.15, 0.2) is 30.3 Å². The van der Waals surface area contributed by atoms with Crippen molar-refractivity contribution in [2.75, 3.05) is 6.54 Å². The molecule has 1 aliphatic carbocycles. The van der Waals surface area contributed by atoms with E-state index in [-0.39, 0.29) is 0 Å². The molecule has 1 unspecified atom stereocenters. The number of hydrogen-bond donors (Lipinski definition) is 1. The van der Waals surface area contributed by atoms with E-state index < -0.39 is 0 Å². The SMILES string of the molecule is C#CCCC(NCCC)C1(c2ccccc2)CCCC1. The second-order valence-corrected chi connectivity index (χ2v) is 5.98. The van der Waals surface area contributed by atoms with E-state index in [2.05, 4.69) is 48.5 Å². The number of benzene rings is 1. The lowest BCUT2D eigenvalue weighted by Gasteiger charge is -2.39. The molecule has 1 N–H and O–H groups in total. The van der Waals surface area contributed by atoms with Gasteiger partial charge in [0.2, 0.25) is 0 Å². The third-order valence-corrected chi connectivity index (χ3v) is 4.73. The van der Waals surface area contributed by atoms with Crippen LogP contribution in [0, 0.1) is 12.3 Å². The predicted octanol–water partition coefficient (Wildman–Crippen LogP) is 4.28. The zero-order valence-corrected chi connectivity index (χ0v) is 12.7. The first-order valence-electron chi connectivity index (χ1n) is 8.06. The molecule has 0 spiro atoms. The van der Waals surface area contributed by atoms with Crippen LogP contribution < -0.4 is 5.32 Å². The lowest BCUT2D eigenvalue weighted by Crippen LogP contribution is -2.47. The monoisotopic (exact) mass is 269 g/mol. The Bertz CT molecular complexity index is 423. The molecule has 1 fully saturated rings. The Morgan fingerprint density at radius 2 is 1.95 bits per heavy atom. The standard InChI is InChI=1S/C19H27N/c1-3-5-13-18(20-16-4-2)19(14-9-10-15-19)17-11-7-6-8-12-17/h1,6-8,11-12,18,20H,4-5,9-10,13-16H2,2H3. The van der Waals surface area contributed by atoms with E-state index in [1.807, 2.05) is 0 Å². The number of nitrogens with one attached hydrogen (secondary N) is 1. The maximum Gasteiger partial charge on any atom is 0.0173 e. The fraction of sp³-hybridized carbons (Fsp3) is 0.579. The minimum atomic E-state index is 0.299. The Morgan fingerprint density at radius 3 is 2.55 bits per heavy atom. The highest BCUT2D eigenvalue weighted by atomic mass is 14.9. The fourth-order valence-electron chi connectivity index (χ4n) is 3.73. The van der Waals surface area contributed by atoms with Crippen molar-refractivity contribution in [1.82, 2.24) is 5.32 Å². The molecule has 1 atom stereocenters. The van der Waals surface area contributed by atoms with E-state index in [4.69, 9.17) is 6.42 Å². The molecule has 1 aromatic rings. The van der Waals surface area contributed by atoms with Crippen LogP contribution in [0.5, 0.6) is 0 Å². The summed E-state index contributed by atoms with van der Waals surface area (Å²) in [7, 11) is 0. The molecule has 20 heavy (non-hydrogen) atoms. The summed E-state index contributed by atoms with van der Waals surface area (Å²) in [6, 6.07) is 11.6.